The number of hydrogen-bond donors (Lipinski definition) is 0. The molecular formula is C13H17NO. The lowest BCUT2D eigenvalue weighted by Gasteiger charge is -2.48. The molecule has 1 aliphatic heterocycles. The summed E-state index contributed by atoms with van der Waals surface area (Å²) in [4.78, 5) is 13.7. The van der Waals surface area contributed by atoms with Gasteiger partial charge in [0.25, 0.3) is 0 Å². The molecule has 1 aliphatic rings. The van der Waals surface area contributed by atoms with Crippen LogP contribution >= 0.6 is 0 Å². The third-order valence-corrected chi connectivity index (χ3v) is 3.11. The van der Waals surface area contributed by atoms with Gasteiger partial charge >= 0.3 is 0 Å². The topological polar surface area (TPSA) is 20.3 Å². The highest BCUT2D eigenvalue weighted by atomic mass is 16.2. The van der Waals surface area contributed by atoms with E-state index >= 15 is 0 Å². The molecule has 2 rings (SSSR count). The molecule has 0 unspecified atom stereocenters. The zero-order valence-electron chi connectivity index (χ0n) is 9.47. The predicted octanol–water partition coefficient (Wildman–Crippen LogP) is 2.61. The zero-order valence-corrected chi connectivity index (χ0v) is 9.47. The summed E-state index contributed by atoms with van der Waals surface area (Å²) in [5, 5.41) is 0. The van der Waals surface area contributed by atoms with Gasteiger partial charge in [-0.2, -0.15) is 0 Å². The number of benzene rings is 1. The van der Waals surface area contributed by atoms with Crippen molar-refractivity contribution in [2.45, 2.75) is 32.9 Å². The smallest absolute Gasteiger partial charge is 0.228 e. The van der Waals surface area contributed by atoms with E-state index in [0.29, 0.717) is 6.04 Å². The van der Waals surface area contributed by atoms with Crippen LogP contribution in [-0.4, -0.2) is 16.8 Å². The fourth-order valence-electron chi connectivity index (χ4n) is 2.34. The van der Waals surface area contributed by atoms with Gasteiger partial charge in [-0.15, -0.1) is 0 Å². The summed E-state index contributed by atoms with van der Waals surface area (Å²) in [7, 11) is 0. The second-order valence-corrected chi connectivity index (χ2v) is 4.48. The van der Waals surface area contributed by atoms with Crippen LogP contribution in [0.3, 0.4) is 0 Å². The molecule has 2 nitrogen and oxygen atoms in total. The first kappa shape index (κ1) is 10.2. The van der Waals surface area contributed by atoms with Gasteiger partial charge in [0, 0.05) is 6.04 Å². The second kappa shape index (κ2) is 3.69. The van der Waals surface area contributed by atoms with Crippen LogP contribution in [0.2, 0.25) is 0 Å². The fraction of sp³-hybridized carbons (Fsp3) is 0.462. The van der Waals surface area contributed by atoms with Crippen molar-refractivity contribution in [2.75, 3.05) is 0 Å². The highest BCUT2D eigenvalue weighted by molar-refractivity contribution is 5.86. The summed E-state index contributed by atoms with van der Waals surface area (Å²) >= 11 is 0. The van der Waals surface area contributed by atoms with E-state index in [2.05, 4.69) is 26.0 Å². The molecule has 1 heterocycles. The minimum atomic E-state index is 0.134. The van der Waals surface area contributed by atoms with Crippen LogP contribution in [0.5, 0.6) is 0 Å². The van der Waals surface area contributed by atoms with E-state index in [-0.39, 0.29) is 17.9 Å². The van der Waals surface area contributed by atoms with E-state index in [0.717, 1.165) is 0 Å². The number of nitrogens with zero attached hydrogens (tertiary/aromatic N) is 1. The average molecular weight is 203 g/mol. The van der Waals surface area contributed by atoms with Gasteiger partial charge in [0.1, 0.15) is 0 Å². The van der Waals surface area contributed by atoms with Crippen molar-refractivity contribution in [1.29, 1.82) is 0 Å². The molecule has 0 bridgehead atoms. The SMILES string of the molecule is CC(C)N1C(=O)[C@@H](C)[C@@H]1c1ccccc1. The molecule has 0 aliphatic carbocycles. The third-order valence-electron chi connectivity index (χ3n) is 3.11. The van der Waals surface area contributed by atoms with E-state index in [4.69, 9.17) is 0 Å². The van der Waals surface area contributed by atoms with E-state index < -0.39 is 0 Å². The molecule has 2 heteroatoms. The highest BCUT2D eigenvalue weighted by Gasteiger charge is 2.45. The van der Waals surface area contributed by atoms with Gasteiger partial charge in [-0.25, -0.2) is 0 Å². The van der Waals surface area contributed by atoms with Crippen molar-refractivity contribution in [2.24, 2.45) is 5.92 Å². The van der Waals surface area contributed by atoms with Gasteiger partial charge in [0.2, 0.25) is 5.91 Å². The molecule has 1 saturated heterocycles. The molecule has 2 atom stereocenters. The van der Waals surface area contributed by atoms with Crippen molar-refractivity contribution < 1.29 is 4.79 Å². The van der Waals surface area contributed by atoms with Crippen LogP contribution in [0, 0.1) is 5.92 Å². The predicted molar refractivity (Wildman–Crippen MR) is 60.3 cm³/mol. The van der Waals surface area contributed by atoms with Crippen LogP contribution in [0.1, 0.15) is 32.4 Å². The van der Waals surface area contributed by atoms with Crippen molar-refractivity contribution >= 4 is 5.91 Å². The van der Waals surface area contributed by atoms with Gasteiger partial charge in [0.05, 0.1) is 12.0 Å². The Kier molecular flexibility index (Phi) is 2.51. The number of hydrogen-bond acceptors (Lipinski definition) is 1. The molecule has 1 aromatic carbocycles. The first-order chi connectivity index (χ1) is 7.13. The summed E-state index contributed by atoms with van der Waals surface area (Å²) in [6, 6.07) is 10.8. The monoisotopic (exact) mass is 203 g/mol. The molecule has 80 valence electrons. The standard InChI is InChI=1S/C13H17NO/c1-9(2)14-12(10(3)13(14)15)11-7-5-4-6-8-11/h4-10,12H,1-3H3/t10-,12+/m0/s1. The summed E-state index contributed by atoms with van der Waals surface area (Å²) in [5.74, 6) is 0.411. The summed E-state index contributed by atoms with van der Waals surface area (Å²) < 4.78 is 0. The summed E-state index contributed by atoms with van der Waals surface area (Å²) in [5.41, 5.74) is 1.25. The maximum Gasteiger partial charge on any atom is 0.228 e. The number of likely N-dealkylation sites (tertiary alicyclic amines) is 1. The number of carbonyl (C=O) groups is 1. The molecule has 0 radical (unpaired) electrons. The Labute approximate surface area is 90.9 Å². The molecule has 0 saturated carbocycles. The van der Waals surface area contributed by atoms with Crippen LogP contribution in [0.4, 0.5) is 0 Å². The van der Waals surface area contributed by atoms with E-state index in [1.807, 2.05) is 30.0 Å². The van der Waals surface area contributed by atoms with Gasteiger partial charge in [-0.1, -0.05) is 37.3 Å². The lowest BCUT2D eigenvalue weighted by molar-refractivity contribution is -0.158. The van der Waals surface area contributed by atoms with Gasteiger partial charge in [0.15, 0.2) is 0 Å². The van der Waals surface area contributed by atoms with Crippen LogP contribution in [-0.2, 0) is 4.79 Å². The maximum atomic E-state index is 11.7. The summed E-state index contributed by atoms with van der Waals surface area (Å²) in [6.07, 6.45) is 0. The number of amides is 1. The van der Waals surface area contributed by atoms with Gasteiger partial charge in [-0.05, 0) is 19.4 Å². The first-order valence-corrected chi connectivity index (χ1v) is 5.50. The number of rotatable bonds is 2. The lowest BCUT2D eigenvalue weighted by atomic mass is 9.83. The normalized spacial score (nSPS) is 25.6. The zero-order chi connectivity index (χ0) is 11.0. The van der Waals surface area contributed by atoms with E-state index in [9.17, 15) is 4.79 Å². The summed E-state index contributed by atoms with van der Waals surface area (Å²) in [6.45, 7) is 6.15. The Morgan fingerprint density at radius 1 is 1.20 bits per heavy atom. The van der Waals surface area contributed by atoms with Gasteiger partial charge < -0.3 is 4.90 Å². The quantitative estimate of drug-likeness (QED) is 0.677. The van der Waals surface area contributed by atoms with Crippen LogP contribution in [0.15, 0.2) is 30.3 Å². The van der Waals surface area contributed by atoms with Crippen molar-refractivity contribution in [3.05, 3.63) is 35.9 Å². The Bertz CT molecular complexity index is 358. The molecule has 0 N–H and O–H groups in total. The molecule has 1 fully saturated rings. The Morgan fingerprint density at radius 3 is 2.33 bits per heavy atom. The first-order valence-electron chi connectivity index (χ1n) is 5.50. The maximum absolute atomic E-state index is 11.7. The van der Waals surface area contributed by atoms with Crippen LogP contribution in [0.25, 0.3) is 0 Å². The van der Waals surface area contributed by atoms with Crippen LogP contribution < -0.4 is 0 Å². The second-order valence-electron chi connectivity index (χ2n) is 4.48. The molecule has 1 aromatic rings. The Hall–Kier alpha value is -1.31. The Morgan fingerprint density at radius 2 is 1.80 bits per heavy atom. The minimum Gasteiger partial charge on any atom is -0.332 e. The van der Waals surface area contributed by atoms with Crippen molar-refractivity contribution in [1.82, 2.24) is 4.90 Å². The average Bonchev–Trinajstić information content (AvgIpc) is 2.25. The molecule has 15 heavy (non-hydrogen) atoms. The highest BCUT2D eigenvalue weighted by Crippen LogP contribution is 2.40. The number of carbonyl (C=O) groups excluding carboxylic acids is 1. The fourth-order valence-corrected chi connectivity index (χ4v) is 2.34. The molecule has 1 amide bonds. The lowest BCUT2D eigenvalue weighted by Crippen LogP contribution is -2.56. The minimum absolute atomic E-state index is 0.134. The Balaban J connectivity index is 2.26. The molecule has 0 aromatic heterocycles. The van der Waals surface area contributed by atoms with E-state index in [1.165, 1.54) is 5.56 Å². The number of β-lactam (4-membered cyclic amide) rings is 1. The van der Waals surface area contributed by atoms with E-state index in [1.54, 1.807) is 0 Å². The van der Waals surface area contributed by atoms with Gasteiger partial charge in [-0.3, -0.25) is 4.79 Å². The third kappa shape index (κ3) is 1.54. The molecule has 0 spiro atoms. The van der Waals surface area contributed by atoms with Crippen molar-refractivity contribution in [3.8, 4) is 0 Å². The largest absolute Gasteiger partial charge is 0.332 e. The van der Waals surface area contributed by atoms with Crippen molar-refractivity contribution in [3.63, 3.8) is 0 Å². The molecular weight excluding hydrogens is 186 g/mol.